The molecule has 2 aromatic rings. The van der Waals surface area contributed by atoms with Crippen molar-refractivity contribution in [2.45, 2.75) is 13.3 Å². The summed E-state index contributed by atoms with van der Waals surface area (Å²) in [6.07, 6.45) is 0.115. The average molecular weight is 297 g/mol. The standard InChI is InChI=1S/C16H15N3O3/c1-12(14-5-3-2-4-6-14)17-18-16(20)11-13-7-9-15(10-8-13)19(21)22/h2-10H,11H2,1H3,(H,18,20)/b17-12-. The lowest BCUT2D eigenvalue weighted by Gasteiger charge is -2.03. The van der Waals surface area contributed by atoms with Crippen molar-refractivity contribution >= 4 is 17.3 Å². The Labute approximate surface area is 127 Å². The van der Waals surface area contributed by atoms with Crippen LogP contribution in [0, 0.1) is 10.1 Å². The molecule has 1 amide bonds. The number of hydrogen-bond acceptors (Lipinski definition) is 4. The van der Waals surface area contributed by atoms with Crippen molar-refractivity contribution in [3.05, 3.63) is 75.8 Å². The first-order valence-electron chi connectivity index (χ1n) is 6.68. The molecule has 112 valence electrons. The third-order valence-electron chi connectivity index (χ3n) is 3.05. The van der Waals surface area contributed by atoms with Gasteiger partial charge < -0.3 is 0 Å². The van der Waals surface area contributed by atoms with Crippen LogP contribution < -0.4 is 5.43 Å². The molecular weight excluding hydrogens is 282 g/mol. The van der Waals surface area contributed by atoms with E-state index in [0.29, 0.717) is 11.3 Å². The second-order valence-corrected chi connectivity index (χ2v) is 4.70. The fraction of sp³-hybridized carbons (Fsp3) is 0.125. The molecule has 1 N–H and O–H groups in total. The molecule has 0 aliphatic heterocycles. The summed E-state index contributed by atoms with van der Waals surface area (Å²) in [5, 5.41) is 14.6. The topological polar surface area (TPSA) is 84.6 Å². The Morgan fingerprint density at radius 2 is 1.77 bits per heavy atom. The molecule has 6 heteroatoms. The van der Waals surface area contributed by atoms with E-state index in [1.165, 1.54) is 12.1 Å². The van der Waals surface area contributed by atoms with Gasteiger partial charge in [0.05, 0.1) is 17.1 Å². The van der Waals surface area contributed by atoms with Gasteiger partial charge in [0.15, 0.2) is 0 Å². The minimum absolute atomic E-state index is 0.00195. The molecule has 0 aliphatic carbocycles. The first kappa shape index (κ1) is 15.4. The van der Waals surface area contributed by atoms with Gasteiger partial charge in [0.1, 0.15) is 0 Å². The zero-order valence-corrected chi connectivity index (χ0v) is 12.0. The number of nitro benzene ring substituents is 1. The molecule has 0 saturated heterocycles. The van der Waals surface area contributed by atoms with Gasteiger partial charge in [0, 0.05) is 12.1 Å². The quantitative estimate of drug-likeness (QED) is 0.523. The fourth-order valence-electron chi connectivity index (χ4n) is 1.85. The number of non-ortho nitro benzene ring substituents is 1. The van der Waals surface area contributed by atoms with Crippen molar-refractivity contribution in [1.29, 1.82) is 0 Å². The average Bonchev–Trinajstić information content (AvgIpc) is 2.54. The highest BCUT2D eigenvalue weighted by atomic mass is 16.6. The number of nitrogens with one attached hydrogen (secondary N) is 1. The first-order valence-corrected chi connectivity index (χ1v) is 6.68. The Morgan fingerprint density at radius 1 is 1.14 bits per heavy atom. The number of amides is 1. The Balaban J connectivity index is 1.94. The van der Waals surface area contributed by atoms with Crippen molar-refractivity contribution in [2.75, 3.05) is 0 Å². The lowest BCUT2D eigenvalue weighted by molar-refractivity contribution is -0.384. The first-order chi connectivity index (χ1) is 10.6. The molecule has 0 radical (unpaired) electrons. The van der Waals surface area contributed by atoms with Gasteiger partial charge in [-0.2, -0.15) is 5.10 Å². The van der Waals surface area contributed by atoms with Crippen molar-refractivity contribution < 1.29 is 9.72 Å². The maximum atomic E-state index is 11.8. The van der Waals surface area contributed by atoms with E-state index < -0.39 is 4.92 Å². The van der Waals surface area contributed by atoms with Gasteiger partial charge >= 0.3 is 0 Å². The minimum atomic E-state index is -0.475. The van der Waals surface area contributed by atoms with E-state index >= 15 is 0 Å². The molecule has 2 aromatic carbocycles. The predicted octanol–water partition coefficient (Wildman–Crippen LogP) is 2.68. The number of carbonyl (C=O) groups is 1. The van der Waals surface area contributed by atoms with E-state index in [-0.39, 0.29) is 18.0 Å². The molecule has 22 heavy (non-hydrogen) atoms. The van der Waals surface area contributed by atoms with Crippen LogP contribution in [-0.4, -0.2) is 16.5 Å². The lowest BCUT2D eigenvalue weighted by atomic mass is 10.1. The second-order valence-electron chi connectivity index (χ2n) is 4.70. The largest absolute Gasteiger partial charge is 0.273 e. The molecule has 6 nitrogen and oxygen atoms in total. The van der Waals surface area contributed by atoms with Gasteiger partial charge in [-0.05, 0) is 18.1 Å². The van der Waals surface area contributed by atoms with E-state index in [1.807, 2.05) is 37.3 Å². The molecule has 0 heterocycles. The highest BCUT2D eigenvalue weighted by Gasteiger charge is 2.07. The van der Waals surface area contributed by atoms with Gasteiger partial charge in [0.2, 0.25) is 5.91 Å². The van der Waals surface area contributed by atoms with Crippen molar-refractivity contribution in [1.82, 2.24) is 5.43 Å². The van der Waals surface area contributed by atoms with Crippen LogP contribution in [0.25, 0.3) is 0 Å². The summed E-state index contributed by atoms with van der Waals surface area (Å²) in [5.74, 6) is -0.274. The van der Waals surface area contributed by atoms with E-state index in [9.17, 15) is 14.9 Å². The minimum Gasteiger partial charge on any atom is -0.273 e. The Morgan fingerprint density at radius 3 is 2.36 bits per heavy atom. The number of rotatable bonds is 5. The van der Waals surface area contributed by atoms with Crippen LogP contribution in [0.5, 0.6) is 0 Å². The summed E-state index contributed by atoms with van der Waals surface area (Å²) in [7, 11) is 0. The Kier molecular flexibility index (Phi) is 4.98. The molecule has 0 unspecified atom stereocenters. The smallest absolute Gasteiger partial charge is 0.269 e. The maximum absolute atomic E-state index is 11.8. The third-order valence-corrected chi connectivity index (χ3v) is 3.05. The van der Waals surface area contributed by atoms with Crippen LogP contribution in [0.4, 0.5) is 5.69 Å². The van der Waals surface area contributed by atoms with Crippen LogP contribution >= 0.6 is 0 Å². The van der Waals surface area contributed by atoms with Crippen LogP contribution in [0.15, 0.2) is 59.7 Å². The molecule has 0 aliphatic rings. The van der Waals surface area contributed by atoms with Gasteiger partial charge in [-0.15, -0.1) is 0 Å². The van der Waals surface area contributed by atoms with E-state index in [0.717, 1.165) is 5.56 Å². The van der Waals surface area contributed by atoms with E-state index in [1.54, 1.807) is 12.1 Å². The molecule has 0 spiro atoms. The molecule has 0 fully saturated rings. The Hall–Kier alpha value is -3.02. The molecule has 0 atom stereocenters. The molecule has 2 rings (SSSR count). The van der Waals surface area contributed by atoms with Crippen LogP contribution in [0.2, 0.25) is 0 Å². The van der Waals surface area contributed by atoms with Gasteiger partial charge in [-0.3, -0.25) is 14.9 Å². The number of carbonyl (C=O) groups excluding carboxylic acids is 1. The van der Waals surface area contributed by atoms with Crippen molar-refractivity contribution in [3.8, 4) is 0 Å². The second kappa shape index (κ2) is 7.12. The SMILES string of the molecule is C/C(=N/NC(=O)Cc1ccc([N+](=O)[O-])cc1)c1ccccc1. The van der Waals surface area contributed by atoms with Gasteiger partial charge in [-0.1, -0.05) is 42.5 Å². The van der Waals surface area contributed by atoms with Gasteiger partial charge in [-0.25, -0.2) is 5.43 Å². The van der Waals surface area contributed by atoms with Crippen LogP contribution in [0.1, 0.15) is 18.1 Å². The zero-order valence-electron chi connectivity index (χ0n) is 12.0. The highest BCUT2D eigenvalue weighted by Crippen LogP contribution is 2.12. The third kappa shape index (κ3) is 4.24. The summed E-state index contributed by atoms with van der Waals surface area (Å²) < 4.78 is 0. The molecule has 0 saturated carbocycles. The summed E-state index contributed by atoms with van der Waals surface area (Å²) >= 11 is 0. The summed E-state index contributed by atoms with van der Waals surface area (Å²) in [4.78, 5) is 21.9. The molecule has 0 bridgehead atoms. The van der Waals surface area contributed by atoms with Crippen molar-refractivity contribution in [2.24, 2.45) is 5.10 Å². The monoisotopic (exact) mass is 297 g/mol. The maximum Gasteiger partial charge on any atom is 0.269 e. The lowest BCUT2D eigenvalue weighted by Crippen LogP contribution is -2.21. The summed E-state index contributed by atoms with van der Waals surface area (Å²) in [6.45, 7) is 1.81. The normalized spacial score (nSPS) is 11.0. The number of benzene rings is 2. The predicted molar refractivity (Wildman–Crippen MR) is 83.6 cm³/mol. The Bertz CT molecular complexity index is 694. The fourth-order valence-corrected chi connectivity index (χ4v) is 1.85. The van der Waals surface area contributed by atoms with E-state index in [4.69, 9.17) is 0 Å². The number of nitro groups is 1. The van der Waals surface area contributed by atoms with E-state index in [2.05, 4.69) is 10.5 Å². The number of nitrogens with zero attached hydrogens (tertiary/aromatic N) is 2. The van der Waals surface area contributed by atoms with Crippen LogP contribution in [0.3, 0.4) is 0 Å². The van der Waals surface area contributed by atoms with Gasteiger partial charge in [0.25, 0.3) is 5.69 Å². The molecule has 0 aromatic heterocycles. The zero-order chi connectivity index (χ0) is 15.9. The summed E-state index contributed by atoms with van der Waals surface area (Å²) in [5.41, 5.74) is 4.81. The van der Waals surface area contributed by atoms with Crippen molar-refractivity contribution in [3.63, 3.8) is 0 Å². The number of hydrazone groups is 1. The number of hydrogen-bond donors (Lipinski definition) is 1. The highest BCUT2D eigenvalue weighted by molar-refractivity contribution is 5.99. The van der Waals surface area contributed by atoms with Crippen LogP contribution in [-0.2, 0) is 11.2 Å². The molecular formula is C16H15N3O3. The summed E-state index contributed by atoms with van der Waals surface area (Å²) in [6, 6.07) is 15.4.